The highest BCUT2D eigenvalue weighted by molar-refractivity contribution is 5.96. The first-order valence-corrected chi connectivity index (χ1v) is 14.7. The van der Waals surface area contributed by atoms with Crippen LogP contribution in [0.25, 0.3) is 0 Å². The lowest BCUT2D eigenvalue weighted by molar-refractivity contribution is -0.126. The highest BCUT2D eigenvalue weighted by Crippen LogP contribution is 2.44. The Morgan fingerprint density at radius 1 is 1.10 bits per heavy atom. The second kappa shape index (κ2) is 12.0. The van der Waals surface area contributed by atoms with Crippen molar-refractivity contribution in [2.45, 2.75) is 96.0 Å². The van der Waals surface area contributed by atoms with Gasteiger partial charge in [-0.3, -0.25) is 9.59 Å². The topological polar surface area (TPSA) is 109 Å². The van der Waals surface area contributed by atoms with Crippen molar-refractivity contribution in [3.63, 3.8) is 0 Å². The van der Waals surface area contributed by atoms with Crippen molar-refractivity contribution < 1.29 is 19.2 Å². The van der Waals surface area contributed by atoms with E-state index in [0.29, 0.717) is 36.0 Å². The molecular weight excluding hydrogens is 490 g/mol. The number of hydrogen-bond donors (Lipinski definition) is 2. The molecule has 0 amide bonds. The number of imidazole rings is 1. The number of hydrogen-bond acceptors (Lipinski definition) is 6. The summed E-state index contributed by atoms with van der Waals surface area (Å²) in [6.07, 6.45) is 7.43. The first-order valence-electron chi connectivity index (χ1n) is 14.7. The molecule has 2 aliphatic rings. The van der Waals surface area contributed by atoms with E-state index in [1.807, 2.05) is 26.0 Å². The molecule has 2 aliphatic carbocycles. The van der Waals surface area contributed by atoms with E-state index in [-0.39, 0.29) is 29.3 Å². The molecule has 2 saturated carbocycles. The standard InChI is InChI=1S/C32H41N3O4/c1-4-8-23-15-28(39-35-23)29(19(2)3)31(38)25-16-24(36)17-26(25)32-33-18-27(34-32)30(37)22-13-11-21(12-14-22)20-9-6-5-7-10-20/h5-7,9-10,15,18-19,21-22,24-26,29,36H,4,8,11-14,16-17H2,1-3H3,(H,33,34)/t21?,22?,24-,25?,26+,29?/m0/s1. The second-order valence-electron chi connectivity index (χ2n) is 11.9. The molecule has 1 aromatic carbocycles. The van der Waals surface area contributed by atoms with Gasteiger partial charge in [0.05, 0.1) is 17.7 Å². The zero-order valence-corrected chi connectivity index (χ0v) is 23.3. The van der Waals surface area contributed by atoms with Crippen molar-refractivity contribution in [3.05, 3.63) is 71.1 Å². The Hall–Kier alpha value is -3.06. The van der Waals surface area contributed by atoms with Gasteiger partial charge in [0.2, 0.25) is 0 Å². The van der Waals surface area contributed by atoms with Gasteiger partial charge in [-0.1, -0.05) is 62.7 Å². The van der Waals surface area contributed by atoms with Crippen LogP contribution in [-0.2, 0) is 11.2 Å². The molecule has 0 aliphatic heterocycles. The Morgan fingerprint density at radius 3 is 2.54 bits per heavy atom. The minimum Gasteiger partial charge on any atom is -0.393 e. The number of aromatic nitrogens is 3. The van der Waals surface area contributed by atoms with Crippen LogP contribution < -0.4 is 0 Å². The summed E-state index contributed by atoms with van der Waals surface area (Å²) in [5.74, 6) is 0.761. The number of Topliss-reactive ketones (excluding diaryl/α,β-unsaturated/α-hetero) is 2. The molecule has 7 heteroatoms. The number of ketones is 2. The summed E-state index contributed by atoms with van der Waals surface area (Å²) in [7, 11) is 0. The van der Waals surface area contributed by atoms with Crippen LogP contribution in [0.3, 0.4) is 0 Å². The van der Waals surface area contributed by atoms with Gasteiger partial charge in [-0.05, 0) is 62.3 Å². The van der Waals surface area contributed by atoms with E-state index in [1.165, 1.54) is 5.56 Å². The van der Waals surface area contributed by atoms with Crippen LogP contribution in [-0.4, -0.2) is 37.9 Å². The van der Waals surface area contributed by atoms with Crippen LogP contribution in [0.5, 0.6) is 0 Å². The maximum atomic E-state index is 13.9. The number of nitrogens with zero attached hydrogens (tertiary/aromatic N) is 2. The van der Waals surface area contributed by atoms with Crippen molar-refractivity contribution in [3.8, 4) is 0 Å². The zero-order chi connectivity index (χ0) is 27.5. The van der Waals surface area contributed by atoms with Gasteiger partial charge in [0.15, 0.2) is 5.78 Å². The van der Waals surface area contributed by atoms with Gasteiger partial charge >= 0.3 is 0 Å². The average Bonchev–Trinajstić information content (AvgIpc) is 3.69. The number of rotatable bonds is 10. The molecule has 2 N–H and O–H groups in total. The third-order valence-electron chi connectivity index (χ3n) is 8.84. The molecule has 0 bridgehead atoms. The molecule has 39 heavy (non-hydrogen) atoms. The lowest BCUT2D eigenvalue weighted by Crippen LogP contribution is -2.28. The Labute approximate surface area is 230 Å². The minimum absolute atomic E-state index is 0.0260. The van der Waals surface area contributed by atoms with E-state index in [2.05, 4.69) is 41.3 Å². The summed E-state index contributed by atoms with van der Waals surface area (Å²) in [5, 5.41) is 14.8. The lowest BCUT2D eigenvalue weighted by Gasteiger charge is -2.27. The molecule has 208 valence electrons. The molecule has 7 nitrogen and oxygen atoms in total. The summed E-state index contributed by atoms with van der Waals surface area (Å²) >= 11 is 0. The predicted molar refractivity (Wildman–Crippen MR) is 149 cm³/mol. The van der Waals surface area contributed by atoms with Gasteiger partial charge in [0.25, 0.3) is 0 Å². The smallest absolute Gasteiger partial charge is 0.185 e. The predicted octanol–water partition coefficient (Wildman–Crippen LogP) is 6.37. The van der Waals surface area contributed by atoms with Crippen molar-refractivity contribution in [2.75, 3.05) is 0 Å². The quantitative estimate of drug-likeness (QED) is 0.294. The van der Waals surface area contributed by atoms with Crippen LogP contribution in [0, 0.1) is 17.8 Å². The van der Waals surface area contributed by atoms with Gasteiger partial charge in [0.1, 0.15) is 23.1 Å². The first kappa shape index (κ1) is 27.5. The van der Waals surface area contributed by atoms with Gasteiger partial charge in [-0.2, -0.15) is 0 Å². The lowest BCUT2D eigenvalue weighted by atomic mass is 9.77. The molecular formula is C32H41N3O4. The van der Waals surface area contributed by atoms with Crippen molar-refractivity contribution in [2.24, 2.45) is 17.8 Å². The highest BCUT2D eigenvalue weighted by atomic mass is 16.5. The van der Waals surface area contributed by atoms with Crippen LogP contribution in [0.1, 0.15) is 117 Å². The minimum atomic E-state index is -0.584. The second-order valence-corrected chi connectivity index (χ2v) is 11.9. The third kappa shape index (κ3) is 5.93. The third-order valence-corrected chi connectivity index (χ3v) is 8.84. The summed E-state index contributed by atoms with van der Waals surface area (Å²) < 4.78 is 5.63. The number of aliphatic hydroxyl groups is 1. The number of aryl methyl sites for hydroxylation is 1. The fourth-order valence-electron chi connectivity index (χ4n) is 6.78. The Morgan fingerprint density at radius 2 is 1.85 bits per heavy atom. The molecule has 5 rings (SSSR count). The van der Waals surface area contributed by atoms with Gasteiger partial charge < -0.3 is 14.6 Å². The van der Waals surface area contributed by atoms with Crippen LogP contribution >= 0.6 is 0 Å². The Balaban J connectivity index is 1.28. The van der Waals surface area contributed by atoms with Crippen LogP contribution in [0.2, 0.25) is 0 Å². The van der Waals surface area contributed by atoms with E-state index in [9.17, 15) is 14.7 Å². The SMILES string of the molecule is CCCc1cc(C(C(=O)C2C[C@H](O)C[C@H]2c2nc(C(=O)C3CCC(c4ccccc4)CC3)c[nH]2)C(C)C)on1. The fraction of sp³-hybridized carbons (Fsp3) is 0.562. The number of aromatic amines is 1. The molecule has 0 radical (unpaired) electrons. The Bertz CT molecular complexity index is 1260. The molecule has 2 fully saturated rings. The number of benzene rings is 1. The normalized spacial score (nSPS) is 26.1. The average molecular weight is 532 g/mol. The molecule has 4 atom stereocenters. The molecule has 0 spiro atoms. The van der Waals surface area contributed by atoms with Gasteiger partial charge in [-0.25, -0.2) is 4.98 Å². The number of nitrogens with one attached hydrogen (secondary N) is 1. The summed E-state index contributed by atoms with van der Waals surface area (Å²) in [6.45, 7) is 6.12. The molecule has 0 saturated heterocycles. The van der Waals surface area contributed by atoms with Crippen LogP contribution in [0.15, 0.2) is 47.1 Å². The van der Waals surface area contributed by atoms with Gasteiger partial charge in [0, 0.05) is 30.0 Å². The van der Waals surface area contributed by atoms with E-state index in [1.54, 1.807) is 6.20 Å². The molecule has 3 aromatic rings. The molecule has 2 heterocycles. The Kier molecular flexibility index (Phi) is 8.46. The fourth-order valence-corrected chi connectivity index (χ4v) is 6.78. The first-order chi connectivity index (χ1) is 18.9. The van der Waals surface area contributed by atoms with Crippen molar-refractivity contribution in [1.82, 2.24) is 15.1 Å². The summed E-state index contributed by atoms with van der Waals surface area (Å²) in [5.41, 5.74) is 2.66. The van der Waals surface area contributed by atoms with Crippen molar-refractivity contribution in [1.29, 1.82) is 0 Å². The highest BCUT2D eigenvalue weighted by Gasteiger charge is 2.44. The number of carbonyl (C=O) groups excluding carboxylic acids is 2. The van der Waals surface area contributed by atoms with Crippen LogP contribution in [0.4, 0.5) is 0 Å². The van der Waals surface area contributed by atoms with E-state index < -0.39 is 17.9 Å². The van der Waals surface area contributed by atoms with E-state index in [4.69, 9.17) is 9.51 Å². The number of aliphatic hydroxyl groups excluding tert-OH is 1. The van der Waals surface area contributed by atoms with Crippen molar-refractivity contribution >= 4 is 11.6 Å². The van der Waals surface area contributed by atoms with E-state index in [0.717, 1.165) is 44.2 Å². The maximum absolute atomic E-state index is 13.9. The van der Waals surface area contributed by atoms with E-state index >= 15 is 0 Å². The van der Waals surface area contributed by atoms with Gasteiger partial charge in [-0.15, -0.1) is 0 Å². The monoisotopic (exact) mass is 531 g/mol. The zero-order valence-electron chi connectivity index (χ0n) is 23.3. The maximum Gasteiger partial charge on any atom is 0.185 e. The largest absolute Gasteiger partial charge is 0.393 e. The number of H-pyrrole nitrogens is 1. The molecule has 2 aromatic heterocycles. The summed E-state index contributed by atoms with van der Waals surface area (Å²) in [6, 6.07) is 12.5. The summed E-state index contributed by atoms with van der Waals surface area (Å²) in [4.78, 5) is 35.2. The molecule has 2 unspecified atom stereocenters. The number of carbonyl (C=O) groups is 2.